The predicted molar refractivity (Wildman–Crippen MR) is 80.8 cm³/mol. The van der Waals surface area contributed by atoms with E-state index in [0.29, 0.717) is 6.61 Å². The number of anilines is 1. The minimum atomic E-state index is 0.609. The molecule has 1 aromatic heterocycles. The van der Waals surface area contributed by atoms with Crippen molar-refractivity contribution in [3.05, 3.63) is 10.6 Å². The zero-order chi connectivity index (χ0) is 13.7. The van der Waals surface area contributed by atoms with Crippen molar-refractivity contribution >= 4 is 16.5 Å². The van der Waals surface area contributed by atoms with E-state index >= 15 is 0 Å². The first-order valence-corrected chi connectivity index (χ1v) is 7.93. The Morgan fingerprint density at radius 2 is 2.26 bits per heavy atom. The van der Waals surface area contributed by atoms with Crippen LogP contribution in [0.2, 0.25) is 0 Å². The van der Waals surface area contributed by atoms with Gasteiger partial charge in [-0.1, -0.05) is 6.92 Å². The molecular weight excluding hydrogens is 258 g/mol. The molecule has 1 fully saturated rings. The van der Waals surface area contributed by atoms with Crippen LogP contribution in [0, 0.1) is 5.92 Å². The van der Waals surface area contributed by atoms with Crippen LogP contribution in [0.3, 0.4) is 0 Å². The van der Waals surface area contributed by atoms with Crippen molar-refractivity contribution in [1.29, 1.82) is 0 Å². The van der Waals surface area contributed by atoms with Crippen LogP contribution < -0.4 is 10.2 Å². The fourth-order valence-electron chi connectivity index (χ4n) is 2.51. The van der Waals surface area contributed by atoms with Gasteiger partial charge >= 0.3 is 0 Å². The van der Waals surface area contributed by atoms with Gasteiger partial charge in [0.2, 0.25) is 0 Å². The van der Waals surface area contributed by atoms with Gasteiger partial charge in [0, 0.05) is 31.6 Å². The summed E-state index contributed by atoms with van der Waals surface area (Å²) in [6, 6.07) is 0. The summed E-state index contributed by atoms with van der Waals surface area (Å²) in [7, 11) is 3.71. The molecule has 1 aliphatic rings. The normalized spacial score (nSPS) is 20.6. The molecule has 2 heterocycles. The number of nitrogens with one attached hydrogen (secondary N) is 1. The van der Waals surface area contributed by atoms with Gasteiger partial charge in [-0.25, -0.2) is 4.98 Å². The number of ether oxygens (including phenoxy) is 1. The third kappa shape index (κ3) is 3.91. The summed E-state index contributed by atoms with van der Waals surface area (Å²) in [4.78, 5) is 8.54. The highest BCUT2D eigenvalue weighted by Gasteiger charge is 2.19. The van der Waals surface area contributed by atoms with Gasteiger partial charge in [0.15, 0.2) is 5.13 Å². The number of rotatable bonds is 5. The molecule has 108 valence electrons. The second-order valence-electron chi connectivity index (χ2n) is 5.35. The molecule has 0 spiro atoms. The highest BCUT2D eigenvalue weighted by atomic mass is 32.1. The first-order valence-electron chi connectivity index (χ1n) is 7.11. The van der Waals surface area contributed by atoms with Gasteiger partial charge in [-0.3, -0.25) is 0 Å². The molecule has 1 saturated heterocycles. The Hall–Kier alpha value is -0.650. The van der Waals surface area contributed by atoms with E-state index in [0.717, 1.165) is 31.2 Å². The molecule has 1 aromatic rings. The fraction of sp³-hybridized carbons (Fsp3) is 0.786. The molecule has 5 heteroatoms. The molecule has 0 bridgehead atoms. The Morgan fingerprint density at radius 1 is 1.42 bits per heavy atom. The zero-order valence-corrected chi connectivity index (χ0v) is 13.1. The first-order chi connectivity index (χ1) is 9.24. The molecular formula is C14H25N3OS. The fourth-order valence-corrected chi connectivity index (χ4v) is 3.63. The van der Waals surface area contributed by atoms with Gasteiger partial charge in [0.05, 0.1) is 12.3 Å². The average molecular weight is 283 g/mol. The van der Waals surface area contributed by atoms with Gasteiger partial charge in [0.1, 0.15) is 0 Å². The van der Waals surface area contributed by atoms with Gasteiger partial charge in [-0.05, 0) is 32.2 Å². The molecule has 0 saturated carbocycles. The van der Waals surface area contributed by atoms with Crippen LogP contribution in [0.15, 0.2) is 0 Å². The standard InChI is InChI=1S/C14H25N3OS/c1-11-5-4-7-17(8-6-11)14-16-12(10-18-3)13(19-14)9-15-2/h11,15H,4-10H2,1-3H3. The van der Waals surface area contributed by atoms with Crippen molar-refractivity contribution < 1.29 is 4.74 Å². The topological polar surface area (TPSA) is 37.4 Å². The molecule has 0 aliphatic carbocycles. The van der Waals surface area contributed by atoms with E-state index in [1.807, 2.05) is 18.4 Å². The minimum Gasteiger partial charge on any atom is -0.378 e. The lowest BCUT2D eigenvalue weighted by Gasteiger charge is -2.18. The maximum absolute atomic E-state index is 5.26. The second kappa shape index (κ2) is 7.22. The van der Waals surface area contributed by atoms with Crippen LogP contribution in [0.4, 0.5) is 5.13 Å². The second-order valence-corrected chi connectivity index (χ2v) is 6.41. The molecule has 0 radical (unpaired) electrons. The highest BCUT2D eigenvalue weighted by Crippen LogP contribution is 2.29. The molecule has 4 nitrogen and oxygen atoms in total. The Kier molecular flexibility index (Phi) is 5.60. The third-order valence-corrected chi connectivity index (χ3v) is 4.83. The van der Waals surface area contributed by atoms with E-state index < -0.39 is 0 Å². The Bertz CT molecular complexity index is 371. The number of thiazole rings is 1. The summed E-state index contributed by atoms with van der Waals surface area (Å²) < 4.78 is 5.26. The van der Waals surface area contributed by atoms with Crippen molar-refractivity contribution in [1.82, 2.24) is 10.3 Å². The summed E-state index contributed by atoms with van der Waals surface area (Å²) in [5.74, 6) is 0.847. The smallest absolute Gasteiger partial charge is 0.185 e. The minimum absolute atomic E-state index is 0.609. The first kappa shape index (κ1) is 14.8. The molecule has 1 aliphatic heterocycles. The Morgan fingerprint density at radius 3 is 3.00 bits per heavy atom. The molecule has 0 aromatic carbocycles. The van der Waals surface area contributed by atoms with Gasteiger partial charge in [-0.15, -0.1) is 11.3 Å². The van der Waals surface area contributed by atoms with E-state index in [9.17, 15) is 0 Å². The van der Waals surface area contributed by atoms with E-state index in [-0.39, 0.29) is 0 Å². The lowest BCUT2D eigenvalue weighted by atomic mass is 10.0. The summed E-state index contributed by atoms with van der Waals surface area (Å²) in [5.41, 5.74) is 1.09. The molecule has 19 heavy (non-hydrogen) atoms. The van der Waals surface area contributed by atoms with Crippen LogP contribution in [0.5, 0.6) is 0 Å². The van der Waals surface area contributed by atoms with Crippen molar-refractivity contribution in [3.8, 4) is 0 Å². The van der Waals surface area contributed by atoms with E-state index in [1.165, 1.54) is 29.3 Å². The summed E-state index contributed by atoms with van der Waals surface area (Å²) >= 11 is 1.81. The maximum atomic E-state index is 5.26. The summed E-state index contributed by atoms with van der Waals surface area (Å²) in [6.45, 7) is 6.12. The monoisotopic (exact) mass is 283 g/mol. The van der Waals surface area contributed by atoms with Crippen LogP contribution in [0.1, 0.15) is 36.8 Å². The van der Waals surface area contributed by atoms with E-state index in [2.05, 4.69) is 17.1 Å². The summed E-state index contributed by atoms with van der Waals surface area (Å²) in [5, 5.41) is 4.39. The Labute approximate surface area is 120 Å². The van der Waals surface area contributed by atoms with E-state index in [1.54, 1.807) is 7.11 Å². The zero-order valence-electron chi connectivity index (χ0n) is 12.2. The van der Waals surface area contributed by atoms with Gasteiger partial charge < -0.3 is 15.0 Å². The summed E-state index contributed by atoms with van der Waals surface area (Å²) in [6.07, 6.45) is 3.90. The van der Waals surface area contributed by atoms with Crippen molar-refractivity contribution in [2.45, 2.75) is 39.3 Å². The van der Waals surface area contributed by atoms with Crippen LogP contribution in [-0.4, -0.2) is 32.2 Å². The maximum Gasteiger partial charge on any atom is 0.185 e. The largest absolute Gasteiger partial charge is 0.378 e. The average Bonchev–Trinajstić information content (AvgIpc) is 2.65. The van der Waals surface area contributed by atoms with Crippen LogP contribution >= 0.6 is 11.3 Å². The number of hydrogen-bond acceptors (Lipinski definition) is 5. The molecule has 0 amide bonds. The highest BCUT2D eigenvalue weighted by molar-refractivity contribution is 7.15. The number of nitrogens with zero attached hydrogens (tertiary/aromatic N) is 2. The molecule has 2 rings (SSSR count). The van der Waals surface area contributed by atoms with Crippen LogP contribution in [-0.2, 0) is 17.9 Å². The molecule has 1 atom stereocenters. The van der Waals surface area contributed by atoms with Gasteiger partial charge in [0.25, 0.3) is 0 Å². The quantitative estimate of drug-likeness (QED) is 0.901. The van der Waals surface area contributed by atoms with Crippen molar-refractivity contribution in [3.63, 3.8) is 0 Å². The molecule has 1 unspecified atom stereocenters. The number of aromatic nitrogens is 1. The lowest BCUT2D eigenvalue weighted by Crippen LogP contribution is -2.23. The molecule has 1 N–H and O–H groups in total. The SMILES string of the molecule is CNCc1sc(N2CCCC(C)CC2)nc1COC. The van der Waals surface area contributed by atoms with Crippen molar-refractivity contribution in [2.24, 2.45) is 5.92 Å². The van der Waals surface area contributed by atoms with Gasteiger partial charge in [-0.2, -0.15) is 0 Å². The lowest BCUT2D eigenvalue weighted by molar-refractivity contribution is 0.181. The van der Waals surface area contributed by atoms with Crippen LogP contribution in [0.25, 0.3) is 0 Å². The van der Waals surface area contributed by atoms with Crippen molar-refractivity contribution in [2.75, 3.05) is 32.1 Å². The number of methoxy groups -OCH3 is 1. The third-order valence-electron chi connectivity index (χ3n) is 3.67. The predicted octanol–water partition coefficient (Wildman–Crippen LogP) is 2.64. The number of hydrogen-bond donors (Lipinski definition) is 1. The van der Waals surface area contributed by atoms with E-state index in [4.69, 9.17) is 9.72 Å². The Balaban J connectivity index is 2.12.